The molecule has 1 heterocycles. The van der Waals surface area contributed by atoms with Crippen LogP contribution >= 0.6 is 23.4 Å². The number of thioether (sulfide) groups is 1. The van der Waals surface area contributed by atoms with Crippen molar-refractivity contribution in [3.8, 4) is 11.4 Å². The van der Waals surface area contributed by atoms with E-state index in [2.05, 4.69) is 20.8 Å². The summed E-state index contributed by atoms with van der Waals surface area (Å²) in [6, 6.07) is 14.5. The van der Waals surface area contributed by atoms with Gasteiger partial charge in [-0.1, -0.05) is 47.6 Å². The van der Waals surface area contributed by atoms with Crippen LogP contribution in [0.3, 0.4) is 0 Å². The second kappa shape index (κ2) is 9.58. The van der Waals surface area contributed by atoms with Crippen molar-refractivity contribution in [2.45, 2.75) is 25.5 Å². The van der Waals surface area contributed by atoms with Gasteiger partial charge in [-0.2, -0.15) is 0 Å². The number of rotatable bonds is 7. The summed E-state index contributed by atoms with van der Waals surface area (Å²) in [4.78, 5) is 23.6. The predicted octanol–water partition coefficient (Wildman–Crippen LogP) is 4.31. The van der Waals surface area contributed by atoms with Crippen molar-refractivity contribution in [3.05, 3.63) is 53.6 Å². The molecule has 150 valence electrons. The number of carbonyl (C=O) groups is 2. The molecule has 29 heavy (non-hydrogen) atoms. The zero-order chi connectivity index (χ0) is 20.8. The van der Waals surface area contributed by atoms with Crippen LogP contribution in [0.5, 0.6) is 0 Å². The second-order valence-electron chi connectivity index (χ2n) is 6.13. The molecule has 0 fully saturated rings. The molecule has 2 aromatic carbocycles. The number of halogens is 1. The quantitative estimate of drug-likeness (QED) is 0.546. The lowest BCUT2D eigenvalue weighted by molar-refractivity contribution is -0.114. The van der Waals surface area contributed by atoms with Crippen molar-refractivity contribution in [2.75, 3.05) is 16.4 Å². The number of hydrogen-bond donors (Lipinski definition) is 2. The largest absolute Gasteiger partial charge is 0.326 e. The zero-order valence-electron chi connectivity index (χ0n) is 16.0. The number of nitrogens with zero attached hydrogens (tertiary/aromatic N) is 3. The Hall–Kier alpha value is -2.84. The van der Waals surface area contributed by atoms with Crippen molar-refractivity contribution in [3.63, 3.8) is 0 Å². The smallest absolute Gasteiger partial charge is 0.234 e. The van der Waals surface area contributed by atoms with E-state index >= 15 is 0 Å². The van der Waals surface area contributed by atoms with Gasteiger partial charge in [0.15, 0.2) is 11.0 Å². The fourth-order valence-electron chi connectivity index (χ4n) is 2.71. The van der Waals surface area contributed by atoms with E-state index in [0.717, 1.165) is 5.56 Å². The summed E-state index contributed by atoms with van der Waals surface area (Å²) in [6.07, 6.45) is 0. The molecule has 0 aliphatic rings. The van der Waals surface area contributed by atoms with Gasteiger partial charge in [0, 0.05) is 24.7 Å². The Kier molecular flexibility index (Phi) is 6.90. The second-order valence-corrected chi connectivity index (χ2v) is 7.48. The lowest BCUT2D eigenvalue weighted by atomic mass is 10.2. The summed E-state index contributed by atoms with van der Waals surface area (Å²) < 4.78 is 1.93. The van der Waals surface area contributed by atoms with Gasteiger partial charge in [0.05, 0.1) is 16.5 Å². The molecular weight excluding hydrogens is 410 g/mol. The highest BCUT2D eigenvalue weighted by molar-refractivity contribution is 7.99. The molecule has 0 saturated carbocycles. The maximum Gasteiger partial charge on any atom is 0.234 e. The van der Waals surface area contributed by atoms with Crippen molar-refractivity contribution < 1.29 is 9.59 Å². The van der Waals surface area contributed by atoms with Crippen molar-refractivity contribution in [1.29, 1.82) is 0 Å². The Balaban J connectivity index is 1.72. The fraction of sp³-hybridized carbons (Fsp3) is 0.200. The summed E-state index contributed by atoms with van der Waals surface area (Å²) in [7, 11) is 0. The molecule has 1 aromatic heterocycles. The number of aromatic nitrogens is 3. The Morgan fingerprint density at radius 1 is 1.10 bits per heavy atom. The van der Waals surface area contributed by atoms with Crippen molar-refractivity contribution >= 4 is 46.6 Å². The zero-order valence-corrected chi connectivity index (χ0v) is 17.5. The molecule has 0 unspecified atom stereocenters. The maximum absolute atomic E-state index is 12.3. The molecule has 3 rings (SSSR count). The van der Waals surface area contributed by atoms with Crippen LogP contribution in [-0.4, -0.2) is 32.3 Å². The van der Waals surface area contributed by atoms with Gasteiger partial charge in [-0.25, -0.2) is 0 Å². The highest BCUT2D eigenvalue weighted by atomic mass is 35.5. The maximum atomic E-state index is 12.3. The summed E-state index contributed by atoms with van der Waals surface area (Å²) in [5, 5.41) is 15.2. The molecular formula is C20H20ClN5O2S. The van der Waals surface area contributed by atoms with E-state index in [4.69, 9.17) is 11.6 Å². The van der Waals surface area contributed by atoms with E-state index in [0.29, 0.717) is 33.9 Å². The molecule has 0 radical (unpaired) electrons. The Morgan fingerprint density at radius 3 is 2.62 bits per heavy atom. The van der Waals surface area contributed by atoms with E-state index in [1.807, 2.05) is 41.8 Å². The number of anilines is 2. The minimum atomic E-state index is -0.178. The number of hydrogen-bond acceptors (Lipinski definition) is 5. The topological polar surface area (TPSA) is 88.9 Å². The molecule has 0 spiro atoms. The third-order valence-corrected chi connectivity index (χ3v) is 5.25. The van der Waals surface area contributed by atoms with Gasteiger partial charge in [0.2, 0.25) is 11.8 Å². The van der Waals surface area contributed by atoms with Crippen molar-refractivity contribution in [1.82, 2.24) is 14.8 Å². The van der Waals surface area contributed by atoms with Crippen LogP contribution in [0.25, 0.3) is 11.4 Å². The molecule has 0 aliphatic carbocycles. The Labute approximate surface area is 177 Å². The van der Waals surface area contributed by atoms with Crippen LogP contribution in [-0.2, 0) is 16.1 Å². The van der Waals surface area contributed by atoms with Crippen LogP contribution in [0.2, 0.25) is 5.02 Å². The standard InChI is InChI=1S/C20H20ClN5O2S/c1-3-26-19(14-7-6-8-15(11-14)22-13(2)27)24-25-20(26)29-12-18(28)23-17-10-5-4-9-16(17)21/h4-11H,3,12H2,1-2H3,(H,22,27)(H,23,28). The van der Waals surface area contributed by atoms with Gasteiger partial charge in [-0.05, 0) is 31.2 Å². The van der Waals surface area contributed by atoms with Crippen molar-refractivity contribution in [2.24, 2.45) is 0 Å². The minimum Gasteiger partial charge on any atom is -0.326 e. The number of nitrogens with one attached hydrogen (secondary N) is 2. The lowest BCUT2D eigenvalue weighted by Gasteiger charge is -2.09. The molecule has 2 N–H and O–H groups in total. The Bertz CT molecular complexity index is 1040. The third-order valence-electron chi connectivity index (χ3n) is 3.95. The predicted molar refractivity (Wildman–Crippen MR) is 116 cm³/mol. The molecule has 0 aliphatic heterocycles. The first-order valence-corrected chi connectivity index (χ1v) is 10.3. The van der Waals surface area contributed by atoms with Crippen LogP contribution < -0.4 is 10.6 Å². The summed E-state index contributed by atoms with van der Waals surface area (Å²) in [5.41, 5.74) is 2.10. The van der Waals surface area contributed by atoms with E-state index < -0.39 is 0 Å². The average molecular weight is 430 g/mol. The van der Waals surface area contributed by atoms with Gasteiger partial charge in [-0.3, -0.25) is 9.59 Å². The molecule has 2 amide bonds. The highest BCUT2D eigenvalue weighted by Crippen LogP contribution is 2.26. The first-order chi connectivity index (χ1) is 14.0. The molecule has 9 heteroatoms. The normalized spacial score (nSPS) is 10.6. The number of carbonyl (C=O) groups excluding carboxylic acids is 2. The van der Waals surface area contributed by atoms with Gasteiger partial charge in [0.25, 0.3) is 0 Å². The third kappa shape index (κ3) is 5.36. The van der Waals surface area contributed by atoms with Crippen LogP contribution in [0.1, 0.15) is 13.8 Å². The summed E-state index contributed by atoms with van der Waals surface area (Å²) >= 11 is 7.37. The molecule has 0 atom stereocenters. The van der Waals surface area contributed by atoms with Crippen LogP contribution in [0.15, 0.2) is 53.7 Å². The number of para-hydroxylation sites is 1. The average Bonchev–Trinajstić information content (AvgIpc) is 3.11. The fourth-order valence-corrected chi connectivity index (χ4v) is 3.70. The first kappa shape index (κ1) is 20.9. The van der Waals surface area contributed by atoms with Gasteiger partial charge in [0.1, 0.15) is 0 Å². The molecule has 0 saturated heterocycles. The lowest BCUT2D eigenvalue weighted by Crippen LogP contribution is -2.15. The SMILES string of the molecule is CCn1c(SCC(=O)Nc2ccccc2Cl)nnc1-c1cccc(NC(C)=O)c1. The number of amides is 2. The van der Waals surface area contributed by atoms with E-state index in [1.54, 1.807) is 18.2 Å². The summed E-state index contributed by atoms with van der Waals surface area (Å²) in [6.45, 7) is 4.09. The van der Waals surface area contributed by atoms with Gasteiger partial charge < -0.3 is 15.2 Å². The highest BCUT2D eigenvalue weighted by Gasteiger charge is 2.15. The Morgan fingerprint density at radius 2 is 1.90 bits per heavy atom. The van der Waals surface area contributed by atoms with Gasteiger partial charge >= 0.3 is 0 Å². The monoisotopic (exact) mass is 429 g/mol. The van der Waals surface area contributed by atoms with Gasteiger partial charge in [-0.15, -0.1) is 10.2 Å². The van der Waals surface area contributed by atoms with Crippen LogP contribution in [0.4, 0.5) is 11.4 Å². The molecule has 0 bridgehead atoms. The molecule has 3 aromatic rings. The van der Waals surface area contributed by atoms with Crippen LogP contribution in [0, 0.1) is 0 Å². The number of benzene rings is 2. The first-order valence-electron chi connectivity index (χ1n) is 8.96. The minimum absolute atomic E-state index is 0.139. The van der Waals surface area contributed by atoms with E-state index in [-0.39, 0.29) is 17.6 Å². The van der Waals surface area contributed by atoms with E-state index in [1.165, 1.54) is 18.7 Å². The summed E-state index contributed by atoms with van der Waals surface area (Å²) in [5.74, 6) is 0.534. The van der Waals surface area contributed by atoms with E-state index in [9.17, 15) is 9.59 Å². The molecule has 7 nitrogen and oxygen atoms in total.